The number of hydrogen-bond acceptors (Lipinski definition) is 3. The lowest BCUT2D eigenvalue weighted by Crippen LogP contribution is -2.08. The number of halogens is 1. The van der Waals surface area contributed by atoms with Crippen LogP contribution in [0.5, 0.6) is 0 Å². The molecule has 0 spiro atoms. The summed E-state index contributed by atoms with van der Waals surface area (Å²) in [7, 11) is 0. The average Bonchev–Trinajstić information content (AvgIpc) is 3.19. The average molecular weight is 368 g/mol. The molecule has 5 aromatic rings. The van der Waals surface area contributed by atoms with Gasteiger partial charge >= 0.3 is 0 Å². The summed E-state index contributed by atoms with van der Waals surface area (Å²) < 4.78 is 15.2. The Morgan fingerprint density at radius 3 is 2.39 bits per heavy atom. The maximum absolute atomic E-state index is 13.3. The Balaban J connectivity index is 1.73. The minimum Gasteiger partial charge on any atom is -0.254 e. The first-order valence-electron chi connectivity index (χ1n) is 9.15. The van der Waals surface area contributed by atoms with Gasteiger partial charge in [0, 0.05) is 5.39 Å². The number of fused-ring (bicyclic) bond motifs is 3. The lowest BCUT2D eigenvalue weighted by Gasteiger charge is -2.14. The third-order valence-electron chi connectivity index (χ3n) is 5.12. The van der Waals surface area contributed by atoms with Crippen LogP contribution in [0.2, 0.25) is 0 Å². The van der Waals surface area contributed by atoms with E-state index in [4.69, 9.17) is 0 Å². The largest absolute Gasteiger partial charge is 0.254 e. The monoisotopic (exact) mass is 368 g/mol. The highest BCUT2D eigenvalue weighted by Crippen LogP contribution is 2.30. The zero-order valence-electron chi connectivity index (χ0n) is 15.2. The number of aromatic nitrogens is 4. The van der Waals surface area contributed by atoms with Crippen LogP contribution in [0.15, 0.2) is 79.0 Å². The smallest absolute Gasteiger partial charge is 0.132 e. The Kier molecular flexibility index (Phi) is 3.86. The van der Waals surface area contributed by atoms with E-state index in [1.807, 2.05) is 35.0 Å². The Bertz CT molecular complexity index is 1280. The fourth-order valence-electron chi connectivity index (χ4n) is 3.59. The molecule has 5 rings (SSSR count). The fourth-order valence-corrected chi connectivity index (χ4v) is 3.59. The van der Waals surface area contributed by atoms with Crippen molar-refractivity contribution in [3.05, 3.63) is 90.4 Å². The number of nitrogens with zero attached hydrogens (tertiary/aromatic N) is 4. The highest BCUT2D eigenvalue weighted by Gasteiger charge is 2.16. The third-order valence-corrected chi connectivity index (χ3v) is 5.12. The summed E-state index contributed by atoms with van der Waals surface area (Å²) in [5, 5.41) is 9.72. The van der Waals surface area contributed by atoms with E-state index in [0.29, 0.717) is 0 Å². The first-order chi connectivity index (χ1) is 13.7. The van der Waals surface area contributed by atoms with Crippen LogP contribution in [0.1, 0.15) is 18.5 Å². The number of rotatable bonds is 3. The highest BCUT2D eigenvalue weighted by atomic mass is 19.1. The first-order valence-corrected chi connectivity index (χ1v) is 9.15. The zero-order valence-corrected chi connectivity index (χ0v) is 15.2. The minimum absolute atomic E-state index is 0.0336. The normalized spacial score (nSPS) is 12.5. The summed E-state index contributed by atoms with van der Waals surface area (Å²) in [4.78, 5) is 4.53. The second kappa shape index (κ2) is 6.53. The number of pyridine rings is 1. The molecule has 0 radical (unpaired) electrons. The highest BCUT2D eigenvalue weighted by molar-refractivity contribution is 6.03. The molecule has 4 nitrogen and oxygen atoms in total. The van der Waals surface area contributed by atoms with Gasteiger partial charge in [-0.1, -0.05) is 53.7 Å². The van der Waals surface area contributed by atoms with Gasteiger partial charge in [-0.15, -0.1) is 5.10 Å². The molecule has 0 N–H and O–H groups in total. The Hall–Kier alpha value is -3.60. The summed E-state index contributed by atoms with van der Waals surface area (Å²) in [5.74, 6) is -0.243. The maximum atomic E-state index is 13.3. The molecule has 0 bridgehead atoms. The molecule has 0 aliphatic heterocycles. The second-order valence-corrected chi connectivity index (χ2v) is 6.85. The molecule has 1 atom stereocenters. The van der Waals surface area contributed by atoms with Crippen LogP contribution in [0, 0.1) is 5.82 Å². The van der Waals surface area contributed by atoms with Gasteiger partial charge in [0.05, 0.1) is 17.8 Å². The number of benzene rings is 3. The zero-order chi connectivity index (χ0) is 19.1. The van der Waals surface area contributed by atoms with Gasteiger partial charge in [0.15, 0.2) is 0 Å². The van der Waals surface area contributed by atoms with Crippen LogP contribution in [0.25, 0.3) is 33.1 Å². The van der Waals surface area contributed by atoms with E-state index in [9.17, 15) is 4.39 Å². The van der Waals surface area contributed by atoms with Gasteiger partial charge < -0.3 is 0 Å². The van der Waals surface area contributed by atoms with Gasteiger partial charge in [-0.2, -0.15) is 0 Å². The molecule has 0 unspecified atom stereocenters. The van der Waals surface area contributed by atoms with Crippen LogP contribution < -0.4 is 0 Å². The molecule has 0 saturated heterocycles. The van der Waals surface area contributed by atoms with Crippen molar-refractivity contribution >= 4 is 21.9 Å². The number of hydrogen-bond donors (Lipinski definition) is 0. The molecule has 0 aliphatic carbocycles. The molecular weight excluding hydrogens is 351 g/mol. The molecule has 0 aliphatic rings. The standard InChI is InChI=1S/C23H17FN4/c1-15(16-5-3-2-4-6-16)28-23-20-13-18(17-7-10-19(24)11-8-17)9-12-21(20)25-14-22(23)26-27-28/h2-15H,1H3/t15-/m1/s1. The SMILES string of the molecule is C[C@H](c1ccccc1)n1nnc2cnc3ccc(-c4ccc(F)cc4)cc3c21. The summed E-state index contributed by atoms with van der Waals surface area (Å²) in [5.41, 5.74) is 5.70. The predicted molar refractivity (Wildman–Crippen MR) is 108 cm³/mol. The molecule has 5 heteroatoms. The van der Waals surface area contributed by atoms with Gasteiger partial charge in [0.25, 0.3) is 0 Å². The predicted octanol–water partition coefficient (Wildman–Crippen LogP) is 5.39. The van der Waals surface area contributed by atoms with Crippen molar-refractivity contribution < 1.29 is 4.39 Å². The van der Waals surface area contributed by atoms with Gasteiger partial charge in [-0.05, 0) is 47.9 Å². The first kappa shape index (κ1) is 16.6. The van der Waals surface area contributed by atoms with E-state index in [2.05, 4.69) is 40.4 Å². The van der Waals surface area contributed by atoms with E-state index in [1.165, 1.54) is 12.1 Å². The van der Waals surface area contributed by atoms with Crippen molar-refractivity contribution in [3.63, 3.8) is 0 Å². The van der Waals surface area contributed by atoms with Crippen molar-refractivity contribution in [2.75, 3.05) is 0 Å². The van der Waals surface area contributed by atoms with Crippen LogP contribution in [-0.4, -0.2) is 20.0 Å². The van der Waals surface area contributed by atoms with Crippen molar-refractivity contribution in [1.29, 1.82) is 0 Å². The molecule has 0 amide bonds. The molecule has 3 aromatic carbocycles. The molecule has 136 valence electrons. The molecule has 2 heterocycles. The van der Waals surface area contributed by atoms with Crippen molar-refractivity contribution in [2.24, 2.45) is 0 Å². The van der Waals surface area contributed by atoms with E-state index in [-0.39, 0.29) is 11.9 Å². The van der Waals surface area contributed by atoms with Crippen molar-refractivity contribution in [3.8, 4) is 11.1 Å². The van der Waals surface area contributed by atoms with E-state index in [1.54, 1.807) is 18.3 Å². The summed E-state index contributed by atoms with van der Waals surface area (Å²) in [6.45, 7) is 2.11. The summed E-state index contributed by atoms with van der Waals surface area (Å²) in [6, 6.07) is 22.8. The molecular formula is C23H17FN4. The van der Waals surface area contributed by atoms with Crippen LogP contribution >= 0.6 is 0 Å². The van der Waals surface area contributed by atoms with Gasteiger partial charge in [-0.3, -0.25) is 4.98 Å². The Morgan fingerprint density at radius 2 is 1.61 bits per heavy atom. The molecule has 2 aromatic heterocycles. The van der Waals surface area contributed by atoms with E-state index in [0.717, 1.165) is 38.6 Å². The topological polar surface area (TPSA) is 43.6 Å². The van der Waals surface area contributed by atoms with E-state index >= 15 is 0 Å². The van der Waals surface area contributed by atoms with Crippen LogP contribution in [0.4, 0.5) is 4.39 Å². The van der Waals surface area contributed by atoms with Gasteiger partial charge in [-0.25, -0.2) is 9.07 Å². The lowest BCUT2D eigenvalue weighted by atomic mass is 10.0. The Labute approximate surface area is 161 Å². The maximum Gasteiger partial charge on any atom is 0.132 e. The Morgan fingerprint density at radius 1 is 0.857 bits per heavy atom. The molecule has 0 fully saturated rings. The van der Waals surface area contributed by atoms with Crippen LogP contribution in [0.3, 0.4) is 0 Å². The third kappa shape index (κ3) is 2.72. The van der Waals surface area contributed by atoms with E-state index < -0.39 is 0 Å². The van der Waals surface area contributed by atoms with Gasteiger partial charge in [0.1, 0.15) is 16.9 Å². The van der Waals surface area contributed by atoms with Crippen molar-refractivity contribution in [2.45, 2.75) is 13.0 Å². The molecule has 28 heavy (non-hydrogen) atoms. The molecule has 0 saturated carbocycles. The summed E-state index contributed by atoms with van der Waals surface area (Å²) >= 11 is 0. The fraction of sp³-hybridized carbons (Fsp3) is 0.0870. The quantitative estimate of drug-likeness (QED) is 0.428. The lowest BCUT2D eigenvalue weighted by molar-refractivity contribution is 0.561. The minimum atomic E-state index is -0.243. The second-order valence-electron chi connectivity index (χ2n) is 6.85. The summed E-state index contributed by atoms with van der Waals surface area (Å²) in [6.07, 6.45) is 1.76. The van der Waals surface area contributed by atoms with Crippen LogP contribution in [-0.2, 0) is 0 Å². The van der Waals surface area contributed by atoms with Crippen molar-refractivity contribution in [1.82, 2.24) is 20.0 Å². The van der Waals surface area contributed by atoms with Gasteiger partial charge in [0.2, 0.25) is 0 Å².